The highest BCUT2D eigenvalue weighted by molar-refractivity contribution is 7.13. The first-order valence-corrected chi connectivity index (χ1v) is 10.1. The van der Waals surface area contributed by atoms with Crippen LogP contribution in [0, 0.1) is 13.8 Å². The predicted octanol–water partition coefficient (Wildman–Crippen LogP) is 4.09. The van der Waals surface area contributed by atoms with Gasteiger partial charge < -0.3 is 10.3 Å². The fourth-order valence-electron chi connectivity index (χ4n) is 3.17. The number of nitrogens with one attached hydrogen (secondary N) is 2. The van der Waals surface area contributed by atoms with Crippen molar-refractivity contribution in [1.29, 1.82) is 0 Å². The lowest BCUT2D eigenvalue weighted by Crippen LogP contribution is -2.17. The first kappa shape index (κ1) is 18.9. The fraction of sp³-hybridized carbons (Fsp3) is 0.136. The molecule has 0 aliphatic carbocycles. The van der Waals surface area contributed by atoms with E-state index in [0.717, 1.165) is 22.0 Å². The van der Waals surface area contributed by atoms with Crippen molar-refractivity contribution < 1.29 is 4.79 Å². The van der Waals surface area contributed by atoms with Crippen molar-refractivity contribution in [2.75, 3.05) is 5.32 Å². The second-order valence-corrected chi connectivity index (χ2v) is 7.72. The molecule has 7 heteroatoms. The molecule has 0 unspecified atom stereocenters. The number of benzene rings is 2. The van der Waals surface area contributed by atoms with E-state index in [1.165, 1.54) is 16.9 Å². The Morgan fingerprint density at radius 3 is 2.76 bits per heavy atom. The van der Waals surface area contributed by atoms with Crippen LogP contribution in [0.2, 0.25) is 0 Å². The van der Waals surface area contributed by atoms with Gasteiger partial charge in [-0.2, -0.15) is 0 Å². The summed E-state index contributed by atoms with van der Waals surface area (Å²) in [6, 6.07) is 15.4. The minimum Gasteiger partial charge on any atom is -0.326 e. The fourth-order valence-corrected chi connectivity index (χ4v) is 3.98. The van der Waals surface area contributed by atoms with Gasteiger partial charge in [0.25, 0.3) is 0 Å². The Bertz CT molecular complexity index is 1240. The summed E-state index contributed by atoms with van der Waals surface area (Å²) in [6.07, 6.45) is 1.84. The topological polar surface area (TPSA) is 79.8 Å². The van der Waals surface area contributed by atoms with Gasteiger partial charge in [-0.1, -0.05) is 29.8 Å². The molecule has 146 valence electrons. The number of H-pyrrole nitrogens is 1. The van der Waals surface area contributed by atoms with Gasteiger partial charge in [-0.25, -0.2) is 9.78 Å². The summed E-state index contributed by atoms with van der Waals surface area (Å²) in [5.41, 5.74) is 4.88. The van der Waals surface area contributed by atoms with Crippen molar-refractivity contribution in [3.63, 3.8) is 0 Å². The third kappa shape index (κ3) is 4.20. The molecule has 0 fully saturated rings. The van der Waals surface area contributed by atoms with E-state index in [2.05, 4.69) is 21.4 Å². The average Bonchev–Trinajstić information content (AvgIpc) is 3.28. The Hall–Kier alpha value is -3.45. The molecule has 0 atom stereocenters. The SMILES string of the molecule is Cc1cccc(-c2nc(CC(=O)Nc3cccc(-n4c(C)c[nH]c4=O)c3)cs2)c1. The van der Waals surface area contributed by atoms with Gasteiger partial charge in [-0.05, 0) is 38.1 Å². The van der Waals surface area contributed by atoms with Gasteiger partial charge in [0.05, 0.1) is 17.8 Å². The summed E-state index contributed by atoms with van der Waals surface area (Å²) in [5, 5.41) is 5.71. The molecule has 29 heavy (non-hydrogen) atoms. The number of imidazole rings is 1. The normalized spacial score (nSPS) is 10.8. The zero-order valence-corrected chi connectivity index (χ0v) is 16.9. The van der Waals surface area contributed by atoms with Crippen molar-refractivity contribution >= 4 is 22.9 Å². The highest BCUT2D eigenvalue weighted by Crippen LogP contribution is 2.25. The highest BCUT2D eigenvalue weighted by Gasteiger charge is 2.11. The third-order valence-corrected chi connectivity index (χ3v) is 5.45. The molecule has 4 rings (SSSR count). The molecule has 2 aromatic carbocycles. The molecular formula is C22H20N4O2S. The number of hydrogen-bond donors (Lipinski definition) is 2. The Labute approximate surface area is 171 Å². The summed E-state index contributed by atoms with van der Waals surface area (Å²) in [7, 11) is 0. The van der Waals surface area contributed by atoms with Gasteiger partial charge in [0.1, 0.15) is 5.01 Å². The molecular weight excluding hydrogens is 384 g/mol. The Morgan fingerprint density at radius 2 is 2.00 bits per heavy atom. The lowest BCUT2D eigenvalue weighted by molar-refractivity contribution is -0.115. The second kappa shape index (κ2) is 7.89. The summed E-state index contributed by atoms with van der Waals surface area (Å²) in [6.45, 7) is 3.89. The van der Waals surface area contributed by atoms with E-state index < -0.39 is 0 Å². The van der Waals surface area contributed by atoms with E-state index >= 15 is 0 Å². The molecule has 0 aliphatic heterocycles. The lowest BCUT2D eigenvalue weighted by atomic mass is 10.1. The molecule has 0 saturated heterocycles. The van der Waals surface area contributed by atoms with Crippen LogP contribution in [0.25, 0.3) is 16.3 Å². The average molecular weight is 404 g/mol. The molecule has 2 aromatic heterocycles. The Kier molecular flexibility index (Phi) is 5.14. The number of carbonyl (C=O) groups excluding carboxylic acids is 1. The van der Waals surface area contributed by atoms with Crippen LogP contribution in [0.1, 0.15) is 17.0 Å². The van der Waals surface area contributed by atoms with Gasteiger partial charge in [-0.15, -0.1) is 11.3 Å². The smallest absolute Gasteiger partial charge is 0.326 e. The number of thiazole rings is 1. The monoisotopic (exact) mass is 404 g/mol. The van der Waals surface area contributed by atoms with Crippen LogP contribution < -0.4 is 11.0 Å². The van der Waals surface area contributed by atoms with E-state index in [4.69, 9.17) is 0 Å². The summed E-state index contributed by atoms with van der Waals surface area (Å²) < 4.78 is 1.56. The van der Waals surface area contributed by atoms with Crippen LogP contribution in [0.5, 0.6) is 0 Å². The number of nitrogens with zero attached hydrogens (tertiary/aromatic N) is 2. The number of aromatic nitrogens is 3. The van der Waals surface area contributed by atoms with E-state index in [-0.39, 0.29) is 18.0 Å². The van der Waals surface area contributed by atoms with Crippen molar-refractivity contribution in [3.8, 4) is 16.3 Å². The molecule has 4 aromatic rings. The molecule has 0 saturated carbocycles. The lowest BCUT2D eigenvalue weighted by Gasteiger charge is -2.08. The number of hydrogen-bond acceptors (Lipinski definition) is 4. The predicted molar refractivity (Wildman–Crippen MR) is 116 cm³/mol. The molecule has 0 spiro atoms. The van der Waals surface area contributed by atoms with Gasteiger partial charge in [0, 0.05) is 28.5 Å². The minimum absolute atomic E-state index is 0.152. The van der Waals surface area contributed by atoms with Crippen LogP contribution in [-0.4, -0.2) is 20.4 Å². The molecule has 0 radical (unpaired) electrons. The van der Waals surface area contributed by atoms with Crippen molar-refractivity contribution in [1.82, 2.24) is 14.5 Å². The van der Waals surface area contributed by atoms with Gasteiger partial charge in [0.2, 0.25) is 5.91 Å². The molecule has 2 N–H and O–H groups in total. The second-order valence-electron chi connectivity index (χ2n) is 6.86. The maximum atomic E-state index is 12.5. The van der Waals surface area contributed by atoms with Gasteiger partial charge >= 0.3 is 5.69 Å². The molecule has 0 aliphatic rings. The maximum Gasteiger partial charge on any atom is 0.330 e. The zero-order chi connectivity index (χ0) is 20.4. The van der Waals surface area contributed by atoms with E-state index in [1.807, 2.05) is 49.6 Å². The van der Waals surface area contributed by atoms with Crippen molar-refractivity contribution in [2.24, 2.45) is 0 Å². The Morgan fingerprint density at radius 1 is 1.17 bits per heavy atom. The van der Waals surface area contributed by atoms with Crippen LogP contribution in [0.3, 0.4) is 0 Å². The Balaban J connectivity index is 1.47. The summed E-state index contributed by atoms with van der Waals surface area (Å²) >= 11 is 1.53. The quantitative estimate of drug-likeness (QED) is 0.526. The highest BCUT2D eigenvalue weighted by atomic mass is 32.1. The van der Waals surface area contributed by atoms with Crippen LogP contribution in [0.15, 0.2) is 64.9 Å². The minimum atomic E-state index is -0.211. The van der Waals surface area contributed by atoms with Crippen LogP contribution in [-0.2, 0) is 11.2 Å². The standard InChI is InChI=1S/C22H20N4O2S/c1-14-5-3-6-16(9-14)21-25-18(13-29-21)11-20(27)24-17-7-4-8-19(10-17)26-15(2)12-23-22(26)28/h3-10,12-13H,11H2,1-2H3,(H,23,28)(H,24,27). The van der Waals surface area contributed by atoms with Gasteiger partial charge in [0.15, 0.2) is 0 Å². The number of aryl methyl sites for hydroxylation is 2. The van der Waals surface area contributed by atoms with Crippen LogP contribution >= 0.6 is 11.3 Å². The van der Waals surface area contributed by atoms with Crippen molar-refractivity contribution in [3.05, 3.63) is 87.5 Å². The van der Waals surface area contributed by atoms with E-state index in [1.54, 1.807) is 22.9 Å². The van der Waals surface area contributed by atoms with Crippen LogP contribution in [0.4, 0.5) is 5.69 Å². The van der Waals surface area contributed by atoms with E-state index in [9.17, 15) is 9.59 Å². The summed E-state index contributed by atoms with van der Waals surface area (Å²) in [4.78, 5) is 31.7. The first-order chi connectivity index (χ1) is 14.0. The number of rotatable bonds is 5. The number of anilines is 1. The molecule has 2 heterocycles. The number of amides is 1. The third-order valence-electron chi connectivity index (χ3n) is 4.51. The number of aromatic amines is 1. The summed E-state index contributed by atoms with van der Waals surface area (Å²) in [5.74, 6) is -0.152. The maximum absolute atomic E-state index is 12.5. The first-order valence-electron chi connectivity index (χ1n) is 9.18. The molecule has 6 nitrogen and oxygen atoms in total. The van der Waals surface area contributed by atoms with E-state index in [0.29, 0.717) is 11.4 Å². The number of carbonyl (C=O) groups is 1. The van der Waals surface area contributed by atoms with Crippen molar-refractivity contribution in [2.45, 2.75) is 20.3 Å². The molecule has 0 bridgehead atoms. The zero-order valence-electron chi connectivity index (χ0n) is 16.1. The van der Waals surface area contributed by atoms with Gasteiger partial charge in [-0.3, -0.25) is 9.36 Å². The molecule has 1 amide bonds. The largest absolute Gasteiger partial charge is 0.330 e.